The number of carbonyl (C=O) groups is 2. The molecule has 0 aromatic carbocycles. The average molecular weight is 364 g/mol. The van der Waals surface area contributed by atoms with Crippen LogP contribution < -0.4 is 10.6 Å². The fourth-order valence-corrected chi connectivity index (χ4v) is 3.55. The minimum absolute atomic E-state index is 0.00402. The predicted molar refractivity (Wildman–Crippen MR) is 95.9 cm³/mol. The van der Waals surface area contributed by atoms with Gasteiger partial charge in [-0.25, -0.2) is 4.79 Å². The van der Waals surface area contributed by atoms with E-state index in [-0.39, 0.29) is 36.0 Å². The Kier molecular flexibility index (Phi) is 6.13. The number of anilines is 1. The van der Waals surface area contributed by atoms with Crippen LogP contribution in [0.1, 0.15) is 57.6 Å². The molecule has 1 saturated carbocycles. The Balaban J connectivity index is 1.49. The van der Waals surface area contributed by atoms with Crippen molar-refractivity contribution in [1.29, 1.82) is 0 Å². The zero-order valence-corrected chi connectivity index (χ0v) is 15.4. The van der Waals surface area contributed by atoms with E-state index in [1.54, 1.807) is 0 Å². The first kappa shape index (κ1) is 18.7. The molecule has 1 aliphatic heterocycles. The van der Waals surface area contributed by atoms with Crippen LogP contribution in [0.2, 0.25) is 0 Å². The molecule has 2 unspecified atom stereocenters. The van der Waals surface area contributed by atoms with E-state index >= 15 is 0 Å². The van der Waals surface area contributed by atoms with E-state index in [4.69, 9.17) is 9.47 Å². The van der Waals surface area contributed by atoms with Crippen LogP contribution in [0.15, 0.2) is 6.07 Å². The quantitative estimate of drug-likeness (QED) is 0.745. The van der Waals surface area contributed by atoms with Crippen molar-refractivity contribution in [1.82, 2.24) is 15.5 Å². The van der Waals surface area contributed by atoms with Crippen molar-refractivity contribution in [3.63, 3.8) is 0 Å². The molecule has 8 nitrogen and oxygen atoms in total. The van der Waals surface area contributed by atoms with Gasteiger partial charge in [0.05, 0.1) is 0 Å². The van der Waals surface area contributed by atoms with Crippen molar-refractivity contribution in [3.8, 4) is 0 Å². The number of rotatable bonds is 5. The Morgan fingerprint density at radius 1 is 1.27 bits per heavy atom. The molecule has 0 spiro atoms. The predicted octanol–water partition coefficient (Wildman–Crippen LogP) is 2.55. The van der Waals surface area contributed by atoms with Gasteiger partial charge in [-0.05, 0) is 46.0 Å². The maximum absolute atomic E-state index is 12.3. The van der Waals surface area contributed by atoms with Gasteiger partial charge < -0.3 is 20.1 Å². The van der Waals surface area contributed by atoms with Crippen LogP contribution in [-0.4, -0.2) is 47.6 Å². The first-order valence-corrected chi connectivity index (χ1v) is 9.42. The summed E-state index contributed by atoms with van der Waals surface area (Å²) in [6.07, 6.45) is 3.59. The number of nitrogens with zero attached hydrogens (tertiary/aromatic N) is 1. The molecule has 8 heteroatoms. The zero-order valence-electron chi connectivity index (χ0n) is 15.4. The highest BCUT2D eigenvalue weighted by Crippen LogP contribution is 2.35. The van der Waals surface area contributed by atoms with Crippen LogP contribution in [0.5, 0.6) is 0 Å². The summed E-state index contributed by atoms with van der Waals surface area (Å²) in [7, 11) is 0. The average Bonchev–Trinajstić information content (AvgIpc) is 3.24. The largest absolute Gasteiger partial charge is 0.446 e. The molecule has 0 bridgehead atoms. The molecule has 26 heavy (non-hydrogen) atoms. The lowest BCUT2D eigenvalue weighted by atomic mass is 9.99. The lowest BCUT2D eigenvalue weighted by Gasteiger charge is -2.20. The van der Waals surface area contributed by atoms with Crippen molar-refractivity contribution < 1.29 is 19.1 Å². The van der Waals surface area contributed by atoms with Gasteiger partial charge in [0.2, 0.25) is 5.91 Å². The van der Waals surface area contributed by atoms with Crippen molar-refractivity contribution in [2.75, 3.05) is 18.5 Å². The Bertz CT molecular complexity index is 624. The molecule has 2 heterocycles. The second-order valence-electron chi connectivity index (χ2n) is 7.42. The number of nitrogens with one attached hydrogen (secondary N) is 3. The molecule has 1 aromatic rings. The molecule has 144 valence electrons. The van der Waals surface area contributed by atoms with Crippen molar-refractivity contribution in [2.24, 2.45) is 5.92 Å². The third kappa shape index (κ3) is 4.97. The van der Waals surface area contributed by atoms with Gasteiger partial charge in [-0.3, -0.25) is 9.89 Å². The van der Waals surface area contributed by atoms with E-state index in [2.05, 4.69) is 20.8 Å². The smallest absolute Gasteiger partial charge is 0.407 e. The van der Waals surface area contributed by atoms with Gasteiger partial charge >= 0.3 is 6.09 Å². The monoisotopic (exact) mass is 364 g/mol. The highest BCUT2D eigenvalue weighted by Gasteiger charge is 2.30. The summed E-state index contributed by atoms with van der Waals surface area (Å²) in [4.78, 5) is 24.0. The minimum atomic E-state index is -0.361. The molecule has 2 amide bonds. The number of aromatic nitrogens is 2. The molecule has 1 aliphatic carbocycles. The number of carbonyl (C=O) groups excluding carboxylic acids is 2. The number of alkyl carbamates (subject to hydrolysis) is 1. The molecule has 3 rings (SSSR count). The van der Waals surface area contributed by atoms with E-state index in [9.17, 15) is 9.59 Å². The summed E-state index contributed by atoms with van der Waals surface area (Å²) in [5.41, 5.74) is 0.975. The normalized spacial score (nSPS) is 23.8. The summed E-state index contributed by atoms with van der Waals surface area (Å²) >= 11 is 0. The van der Waals surface area contributed by atoms with E-state index in [0.29, 0.717) is 19.0 Å². The third-order valence-electron chi connectivity index (χ3n) is 4.95. The van der Waals surface area contributed by atoms with Crippen LogP contribution in [0.3, 0.4) is 0 Å². The summed E-state index contributed by atoms with van der Waals surface area (Å²) < 4.78 is 10.7. The Morgan fingerprint density at radius 2 is 2.04 bits per heavy atom. The third-order valence-corrected chi connectivity index (χ3v) is 4.95. The number of hydrogen-bond donors (Lipinski definition) is 3. The topological polar surface area (TPSA) is 105 Å². The SMILES string of the molecule is CC(C)NC(=O)OC1CCC(c2cc(NC(=O)C3CCOCC3)n[nH]2)C1. The Morgan fingerprint density at radius 3 is 2.77 bits per heavy atom. The molecular formula is C18H28N4O4. The second kappa shape index (κ2) is 8.53. The first-order chi connectivity index (χ1) is 12.5. The summed E-state index contributed by atoms with van der Waals surface area (Å²) in [6.45, 7) is 5.08. The van der Waals surface area contributed by atoms with Gasteiger partial charge in [0.1, 0.15) is 6.10 Å². The van der Waals surface area contributed by atoms with E-state index in [1.807, 2.05) is 19.9 Å². The standard InChI is InChI=1S/C18H28N4O4/c1-11(2)19-18(24)26-14-4-3-13(9-14)15-10-16(22-21-15)20-17(23)12-5-7-25-8-6-12/h10-14H,3-9H2,1-2H3,(H,19,24)(H2,20,21,22,23). The van der Waals surface area contributed by atoms with E-state index in [0.717, 1.165) is 37.8 Å². The molecular weight excluding hydrogens is 336 g/mol. The Hall–Kier alpha value is -2.09. The molecule has 2 atom stereocenters. The molecule has 1 saturated heterocycles. The summed E-state index contributed by atoms with van der Waals surface area (Å²) in [6, 6.07) is 1.95. The number of aromatic amines is 1. The Labute approximate surface area is 153 Å². The highest BCUT2D eigenvalue weighted by atomic mass is 16.6. The molecule has 0 radical (unpaired) electrons. The maximum Gasteiger partial charge on any atom is 0.407 e. The number of H-pyrrole nitrogens is 1. The van der Waals surface area contributed by atoms with Gasteiger partial charge in [-0.15, -0.1) is 0 Å². The van der Waals surface area contributed by atoms with Gasteiger partial charge in [-0.1, -0.05) is 0 Å². The maximum atomic E-state index is 12.3. The van der Waals surface area contributed by atoms with Gasteiger partial charge in [0.25, 0.3) is 0 Å². The number of amides is 2. The fourth-order valence-electron chi connectivity index (χ4n) is 3.55. The fraction of sp³-hybridized carbons (Fsp3) is 0.722. The molecule has 1 aromatic heterocycles. The lowest BCUT2D eigenvalue weighted by molar-refractivity contribution is -0.122. The first-order valence-electron chi connectivity index (χ1n) is 9.42. The van der Waals surface area contributed by atoms with Crippen LogP contribution in [-0.2, 0) is 14.3 Å². The number of hydrogen-bond acceptors (Lipinski definition) is 5. The second-order valence-corrected chi connectivity index (χ2v) is 7.42. The van der Waals surface area contributed by atoms with Crippen LogP contribution in [0.4, 0.5) is 10.6 Å². The van der Waals surface area contributed by atoms with Crippen LogP contribution in [0, 0.1) is 5.92 Å². The highest BCUT2D eigenvalue weighted by molar-refractivity contribution is 5.91. The molecule has 2 fully saturated rings. The lowest BCUT2D eigenvalue weighted by Crippen LogP contribution is -2.33. The minimum Gasteiger partial charge on any atom is -0.446 e. The zero-order chi connectivity index (χ0) is 18.5. The van der Waals surface area contributed by atoms with Gasteiger partial charge in [0.15, 0.2) is 5.82 Å². The number of ether oxygens (including phenoxy) is 2. The van der Waals surface area contributed by atoms with E-state index in [1.165, 1.54) is 0 Å². The van der Waals surface area contributed by atoms with Crippen molar-refractivity contribution >= 4 is 17.8 Å². The molecule has 2 aliphatic rings. The van der Waals surface area contributed by atoms with Crippen LogP contribution in [0.25, 0.3) is 0 Å². The summed E-state index contributed by atoms with van der Waals surface area (Å²) in [5, 5.41) is 12.9. The van der Waals surface area contributed by atoms with Gasteiger partial charge in [-0.2, -0.15) is 5.10 Å². The summed E-state index contributed by atoms with van der Waals surface area (Å²) in [5.74, 6) is 0.809. The van der Waals surface area contributed by atoms with Crippen LogP contribution >= 0.6 is 0 Å². The van der Waals surface area contributed by atoms with E-state index < -0.39 is 0 Å². The van der Waals surface area contributed by atoms with Crippen molar-refractivity contribution in [3.05, 3.63) is 11.8 Å². The molecule has 3 N–H and O–H groups in total. The van der Waals surface area contributed by atoms with Gasteiger partial charge in [0, 0.05) is 42.9 Å². The van der Waals surface area contributed by atoms with Crippen molar-refractivity contribution in [2.45, 2.75) is 64.0 Å².